The van der Waals surface area contributed by atoms with E-state index in [0.29, 0.717) is 6.61 Å². The molecule has 1 aromatic rings. The van der Waals surface area contributed by atoms with Gasteiger partial charge in [0.2, 0.25) is 6.29 Å². The molecule has 1 heterocycles. The summed E-state index contributed by atoms with van der Waals surface area (Å²) in [5.41, 5.74) is 2.46. The highest BCUT2D eigenvalue weighted by molar-refractivity contribution is 5.45. The van der Waals surface area contributed by atoms with E-state index in [0.717, 1.165) is 5.75 Å². The molecular formula is C25H40O2. The Morgan fingerprint density at radius 1 is 0.963 bits per heavy atom. The Balaban J connectivity index is 0.000000279. The fourth-order valence-corrected chi connectivity index (χ4v) is 3.13. The number of ether oxygens (including phenoxy) is 2. The summed E-state index contributed by atoms with van der Waals surface area (Å²) < 4.78 is 11.4. The largest absolute Gasteiger partial charge is 0.464 e. The van der Waals surface area contributed by atoms with E-state index in [-0.39, 0.29) is 11.7 Å². The number of allylic oxidation sites excluding steroid dienone is 4. The van der Waals surface area contributed by atoms with Gasteiger partial charge in [-0.1, -0.05) is 55.8 Å². The Kier molecular flexibility index (Phi) is 11.1. The number of rotatable bonds is 9. The molecule has 0 saturated carbocycles. The van der Waals surface area contributed by atoms with Gasteiger partial charge in [-0.05, 0) is 72.3 Å². The van der Waals surface area contributed by atoms with Gasteiger partial charge in [0.25, 0.3) is 0 Å². The van der Waals surface area contributed by atoms with Crippen LogP contribution in [-0.4, -0.2) is 12.9 Å². The van der Waals surface area contributed by atoms with Crippen molar-refractivity contribution in [1.29, 1.82) is 0 Å². The average Bonchev–Trinajstić information content (AvgIpc) is 2.89. The Morgan fingerprint density at radius 3 is 2.07 bits per heavy atom. The maximum Gasteiger partial charge on any atom is 0.209 e. The van der Waals surface area contributed by atoms with Crippen molar-refractivity contribution in [3.8, 4) is 5.75 Å². The summed E-state index contributed by atoms with van der Waals surface area (Å²) >= 11 is 0. The zero-order valence-corrected chi connectivity index (χ0v) is 18.4. The molecular weight excluding hydrogens is 332 g/mol. The minimum Gasteiger partial charge on any atom is -0.464 e. The fourth-order valence-electron chi connectivity index (χ4n) is 3.13. The first-order valence-corrected chi connectivity index (χ1v) is 10.7. The molecule has 2 rings (SSSR count). The van der Waals surface area contributed by atoms with Crippen molar-refractivity contribution in [2.45, 2.75) is 91.8 Å². The van der Waals surface area contributed by atoms with E-state index in [2.05, 4.69) is 71.1 Å². The third kappa shape index (κ3) is 7.92. The Morgan fingerprint density at radius 2 is 1.56 bits per heavy atom. The standard InChI is InChI=1S/C13H18O2.C12H22/c1-5-14-12-13(3,4)10-8-9(2)6-7-11(10)15-12;1-3-5-7-9-11-12-10-8-6-4-2/h6-8,12H,5H2,1-4H3;5-8H,3-4,9-12H2,1-2H3/b;7-5+,8-6+. The maximum absolute atomic E-state index is 5.80. The second-order valence-corrected chi connectivity index (χ2v) is 7.67. The molecule has 0 amide bonds. The molecule has 1 unspecified atom stereocenters. The summed E-state index contributed by atoms with van der Waals surface area (Å²) in [7, 11) is 0. The Bertz CT molecular complexity index is 568. The number of hydrogen-bond donors (Lipinski definition) is 0. The minimum absolute atomic E-state index is 0.0582. The van der Waals surface area contributed by atoms with Crippen LogP contribution in [0.2, 0.25) is 0 Å². The lowest BCUT2D eigenvalue weighted by atomic mass is 9.85. The van der Waals surface area contributed by atoms with E-state index >= 15 is 0 Å². The molecule has 27 heavy (non-hydrogen) atoms. The second-order valence-electron chi connectivity index (χ2n) is 7.67. The minimum atomic E-state index is -0.153. The molecule has 0 aliphatic carbocycles. The molecule has 0 N–H and O–H groups in total. The predicted octanol–water partition coefficient (Wildman–Crippen LogP) is 7.51. The quantitative estimate of drug-likeness (QED) is 0.330. The van der Waals surface area contributed by atoms with Crippen LogP contribution in [0.15, 0.2) is 42.5 Å². The number of fused-ring (bicyclic) bond motifs is 1. The molecule has 1 aliphatic heterocycles. The highest BCUT2D eigenvalue weighted by atomic mass is 16.7. The number of benzene rings is 1. The van der Waals surface area contributed by atoms with E-state index in [1.807, 2.05) is 13.0 Å². The van der Waals surface area contributed by atoms with Gasteiger partial charge in [-0.2, -0.15) is 0 Å². The van der Waals surface area contributed by atoms with Crippen LogP contribution in [0.4, 0.5) is 0 Å². The van der Waals surface area contributed by atoms with Gasteiger partial charge in [-0.25, -0.2) is 0 Å². The highest BCUT2D eigenvalue weighted by Gasteiger charge is 2.42. The molecule has 1 aliphatic rings. The smallest absolute Gasteiger partial charge is 0.209 e. The van der Waals surface area contributed by atoms with Crippen LogP contribution < -0.4 is 4.74 Å². The van der Waals surface area contributed by atoms with E-state index < -0.39 is 0 Å². The van der Waals surface area contributed by atoms with Crippen molar-refractivity contribution in [1.82, 2.24) is 0 Å². The summed E-state index contributed by atoms with van der Waals surface area (Å²) in [4.78, 5) is 0. The van der Waals surface area contributed by atoms with E-state index in [9.17, 15) is 0 Å². The van der Waals surface area contributed by atoms with Crippen LogP contribution >= 0.6 is 0 Å². The molecule has 0 spiro atoms. The molecule has 0 fully saturated rings. The number of hydrogen-bond acceptors (Lipinski definition) is 2. The van der Waals surface area contributed by atoms with Gasteiger partial charge in [-0.3, -0.25) is 0 Å². The SMILES string of the molecule is CC/C=C/CCCC/C=C/CC.CCOC1Oc2ccc(C)cc2C1(C)C. The lowest BCUT2D eigenvalue weighted by Crippen LogP contribution is -2.34. The van der Waals surface area contributed by atoms with Gasteiger partial charge in [0.15, 0.2) is 0 Å². The summed E-state index contributed by atoms with van der Waals surface area (Å²) in [6.45, 7) is 13.5. The van der Waals surface area contributed by atoms with Gasteiger partial charge in [0, 0.05) is 12.2 Å². The van der Waals surface area contributed by atoms with E-state index in [1.165, 1.54) is 49.7 Å². The molecule has 0 saturated heterocycles. The molecule has 0 radical (unpaired) electrons. The second kappa shape index (κ2) is 12.8. The third-order valence-electron chi connectivity index (χ3n) is 4.77. The third-order valence-corrected chi connectivity index (χ3v) is 4.77. The number of aryl methyl sites for hydroxylation is 1. The van der Waals surface area contributed by atoms with Gasteiger partial charge >= 0.3 is 0 Å². The van der Waals surface area contributed by atoms with Crippen molar-refractivity contribution >= 4 is 0 Å². The monoisotopic (exact) mass is 372 g/mol. The van der Waals surface area contributed by atoms with E-state index in [1.54, 1.807) is 0 Å². The first-order chi connectivity index (χ1) is 13.0. The van der Waals surface area contributed by atoms with Gasteiger partial charge in [-0.15, -0.1) is 0 Å². The molecule has 0 bridgehead atoms. The van der Waals surface area contributed by atoms with Crippen LogP contribution in [-0.2, 0) is 10.2 Å². The summed E-state index contributed by atoms with van der Waals surface area (Å²) in [5, 5.41) is 0. The summed E-state index contributed by atoms with van der Waals surface area (Å²) in [6, 6.07) is 6.29. The van der Waals surface area contributed by atoms with Gasteiger partial charge in [0.1, 0.15) is 5.75 Å². The Labute approximate surface area is 167 Å². The van der Waals surface area contributed by atoms with Crippen molar-refractivity contribution in [2.75, 3.05) is 6.61 Å². The van der Waals surface area contributed by atoms with Crippen LogP contribution in [0.25, 0.3) is 0 Å². The Hall–Kier alpha value is -1.54. The van der Waals surface area contributed by atoms with Crippen LogP contribution in [0.3, 0.4) is 0 Å². The summed E-state index contributed by atoms with van der Waals surface area (Å²) in [5.74, 6) is 0.962. The fraction of sp³-hybridized carbons (Fsp3) is 0.600. The zero-order valence-electron chi connectivity index (χ0n) is 18.4. The summed E-state index contributed by atoms with van der Waals surface area (Å²) in [6.07, 6.45) is 16.5. The van der Waals surface area contributed by atoms with Gasteiger partial charge in [0.05, 0.1) is 5.41 Å². The predicted molar refractivity (Wildman–Crippen MR) is 118 cm³/mol. The first kappa shape index (κ1) is 23.5. The normalized spacial score (nSPS) is 17.6. The molecule has 0 aromatic heterocycles. The lowest BCUT2D eigenvalue weighted by molar-refractivity contribution is -0.0981. The topological polar surface area (TPSA) is 18.5 Å². The van der Waals surface area contributed by atoms with Gasteiger partial charge < -0.3 is 9.47 Å². The van der Waals surface area contributed by atoms with Crippen molar-refractivity contribution in [2.24, 2.45) is 0 Å². The van der Waals surface area contributed by atoms with Crippen molar-refractivity contribution < 1.29 is 9.47 Å². The first-order valence-electron chi connectivity index (χ1n) is 10.7. The van der Waals surface area contributed by atoms with Crippen molar-refractivity contribution in [3.05, 3.63) is 53.6 Å². The molecule has 152 valence electrons. The zero-order chi connectivity index (χ0) is 20.1. The number of unbranched alkanes of at least 4 members (excludes halogenated alkanes) is 3. The van der Waals surface area contributed by atoms with E-state index in [4.69, 9.17) is 9.47 Å². The van der Waals surface area contributed by atoms with Crippen LogP contribution in [0, 0.1) is 6.92 Å². The molecule has 1 aromatic carbocycles. The van der Waals surface area contributed by atoms with Crippen LogP contribution in [0.5, 0.6) is 5.75 Å². The lowest BCUT2D eigenvalue weighted by Gasteiger charge is -2.25. The molecule has 2 nitrogen and oxygen atoms in total. The maximum atomic E-state index is 5.80. The molecule has 1 atom stereocenters. The van der Waals surface area contributed by atoms with Crippen LogP contribution in [0.1, 0.15) is 84.3 Å². The average molecular weight is 373 g/mol. The molecule has 2 heteroatoms. The highest BCUT2D eigenvalue weighted by Crippen LogP contribution is 2.43. The van der Waals surface area contributed by atoms with Crippen molar-refractivity contribution in [3.63, 3.8) is 0 Å².